The molecule has 1 N–H and O–H groups in total. The molecular formula is C13H16FNO. The Balaban J connectivity index is 2.74. The van der Waals surface area contributed by atoms with Gasteiger partial charge in [0.15, 0.2) is 0 Å². The Hall–Kier alpha value is -1.40. The monoisotopic (exact) mass is 221 g/mol. The first-order chi connectivity index (χ1) is 7.69. The summed E-state index contributed by atoms with van der Waals surface area (Å²) in [6.07, 6.45) is 1.81. The van der Waals surface area contributed by atoms with Gasteiger partial charge in [-0.2, -0.15) is 5.26 Å². The van der Waals surface area contributed by atoms with Gasteiger partial charge in [0.05, 0.1) is 18.1 Å². The van der Waals surface area contributed by atoms with Gasteiger partial charge in [-0.05, 0) is 24.1 Å². The third kappa shape index (κ3) is 3.32. The van der Waals surface area contributed by atoms with Crippen molar-refractivity contribution in [3.05, 3.63) is 35.6 Å². The van der Waals surface area contributed by atoms with Crippen molar-refractivity contribution >= 4 is 0 Å². The van der Waals surface area contributed by atoms with Crippen molar-refractivity contribution in [3.8, 4) is 6.07 Å². The highest BCUT2D eigenvalue weighted by Gasteiger charge is 2.20. The summed E-state index contributed by atoms with van der Waals surface area (Å²) in [5.74, 6) is -0.893. The number of unbranched alkanes of at least 4 members (excludes halogenated alkanes) is 1. The molecule has 1 rings (SSSR count). The van der Waals surface area contributed by atoms with Gasteiger partial charge >= 0.3 is 0 Å². The fraction of sp³-hybridized carbons (Fsp3) is 0.462. The average Bonchev–Trinajstić information content (AvgIpc) is 2.30. The quantitative estimate of drug-likeness (QED) is 0.830. The minimum Gasteiger partial charge on any atom is -0.391 e. The maximum atomic E-state index is 12.7. The number of nitrogens with zero attached hydrogens (tertiary/aromatic N) is 1. The average molecular weight is 221 g/mol. The fourth-order valence-electron chi connectivity index (χ4n) is 1.63. The zero-order chi connectivity index (χ0) is 12.0. The molecule has 0 aromatic heterocycles. The largest absolute Gasteiger partial charge is 0.391 e. The van der Waals surface area contributed by atoms with Crippen molar-refractivity contribution in [1.82, 2.24) is 0 Å². The summed E-state index contributed by atoms with van der Waals surface area (Å²) in [6, 6.07) is 7.81. The Bertz CT molecular complexity index is 355. The molecule has 0 spiro atoms. The van der Waals surface area contributed by atoms with Crippen LogP contribution in [0.15, 0.2) is 24.3 Å². The lowest BCUT2D eigenvalue weighted by Gasteiger charge is -2.16. The van der Waals surface area contributed by atoms with Crippen LogP contribution in [0.25, 0.3) is 0 Å². The molecule has 0 aliphatic rings. The normalized spacial score (nSPS) is 14.1. The number of halogens is 1. The number of rotatable bonds is 5. The van der Waals surface area contributed by atoms with Gasteiger partial charge in [-0.25, -0.2) is 4.39 Å². The highest BCUT2D eigenvalue weighted by Crippen LogP contribution is 2.22. The minimum atomic E-state index is -0.671. The Labute approximate surface area is 95.3 Å². The van der Waals surface area contributed by atoms with Gasteiger partial charge in [0.2, 0.25) is 0 Å². The number of hydrogen-bond acceptors (Lipinski definition) is 2. The second-order valence-electron chi connectivity index (χ2n) is 3.87. The highest BCUT2D eigenvalue weighted by molar-refractivity contribution is 5.26. The minimum absolute atomic E-state index is 0.330. The van der Waals surface area contributed by atoms with Gasteiger partial charge < -0.3 is 5.11 Å². The first kappa shape index (κ1) is 12.7. The maximum absolute atomic E-state index is 12.7. The van der Waals surface area contributed by atoms with Gasteiger partial charge in [0.1, 0.15) is 5.82 Å². The second kappa shape index (κ2) is 6.24. The van der Waals surface area contributed by atoms with Crippen LogP contribution in [0.3, 0.4) is 0 Å². The molecule has 0 amide bonds. The van der Waals surface area contributed by atoms with Crippen molar-refractivity contribution in [1.29, 1.82) is 5.26 Å². The van der Waals surface area contributed by atoms with Gasteiger partial charge in [-0.1, -0.05) is 31.9 Å². The summed E-state index contributed by atoms with van der Waals surface area (Å²) in [7, 11) is 0. The topological polar surface area (TPSA) is 44.0 Å². The van der Waals surface area contributed by atoms with E-state index >= 15 is 0 Å². The molecule has 1 aromatic rings. The van der Waals surface area contributed by atoms with Crippen LogP contribution in [0.2, 0.25) is 0 Å². The number of benzene rings is 1. The van der Waals surface area contributed by atoms with E-state index in [4.69, 9.17) is 5.26 Å². The van der Waals surface area contributed by atoms with Crippen molar-refractivity contribution in [2.45, 2.75) is 38.2 Å². The molecule has 0 aliphatic carbocycles. The lowest BCUT2D eigenvalue weighted by atomic mass is 9.92. The van der Waals surface area contributed by atoms with Crippen molar-refractivity contribution in [2.75, 3.05) is 0 Å². The molecule has 86 valence electrons. The first-order valence-electron chi connectivity index (χ1n) is 5.52. The van der Waals surface area contributed by atoms with Crippen LogP contribution in [-0.4, -0.2) is 11.2 Å². The van der Waals surface area contributed by atoms with Gasteiger partial charge in [-0.15, -0.1) is 0 Å². The van der Waals surface area contributed by atoms with Crippen LogP contribution in [-0.2, 0) is 0 Å². The Morgan fingerprint density at radius 2 is 2.00 bits per heavy atom. The van der Waals surface area contributed by atoms with Crippen molar-refractivity contribution < 1.29 is 9.50 Å². The van der Waals surface area contributed by atoms with Crippen LogP contribution >= 0.6 is 0 Å². The smallest absolute Gasteiger partial charge is 0.123 e. The van der Waals surface area contributed by atoms with E-state index in [0.29, 0.717) is 12.0 Å². The Kier molecular flexibility index (Phi) is 4.94. The predicted octanol–water partition coefficient (Wildman–Crippen LogP) is 2.98. The summed E-state index contributed by atoms with van der Waals surface area (Å²) >= 11 is 0. The van der Waals surface area contributed by atoms with E-state index in [9.17, 15) is 9.50 Å². The highest BCUT2D eigenvalue weighted by atomic mass is 19.1. The molecule has 0 saturated carbocycles. The van der Waals surface area contributed by atoms with Crippen LogP contribution in [0, 0.1) is 17.1 Å². The molecular weight excluding hydrogens is 205 g/mol. The molecule has 2 unspecified atom stereocenters. The predicted molar refractivity (Wildman–Crippen MR) is 60.3 cm³/mol. The van der Waals surface area contributed by atoms with E-state index in [1.807, 2.05) is 6.92 Å². The number of aliphatic hydroxyl groups is 1. The molecule has 0 fully saturated rings. The molecule has 1 aromatic carbocycles. The molecule has 0 radical (unpaired) electrons. The molecule has 3 heteroatoms. The van der Waals surface area contributed by atoms with Gasteiger partial charge in [0, 0.05) is 0 Å². The van der Waals surface area contributed by atoms with Gasteiger partial charge in [0.25, 0.3) is 0 Å². The summed E-state index contributed by atoms with van der Waals surface area (Å²) in [5.41, 5.74) is 0.674. The Morgan fingerprint density at radius 1 is 1.38 bits per heavy atom. The molecule has 0 bridgehead atoms. The third-order valence-electron chi connectivity index (χ3n) is 2.61. The molecule has 16 heavy (non-hydrogen) atoms. The zero-order valence-corrected chi connectivity index (χ0v) is 9.36. The standard InChI is InChI=1S/C13H16FNO/c1-2-3-4-13(16)12(9-15)10-5-7-11(14)8-6-10/h5-8,12-13,16H,2-4H2,1H3. The molecule has 0 saturated heterocycles. The van der Waals surface area contributed by atoms with E-state index < -0.39 is 12.0 Å². The summed E-state index contributed by atoms with van der Waals surface area (Å²) in [5, 5.41) is 18.9. The second-order valence-corrected chi connectivity index (χ2v) is 3.87. The lowest BCUT2D eigenvalue weighted by Crippen LogP contribution is -2.17. The number of aliphatic hydroxyl groups excluding tert-OH is 1. The number of hydrogen-bond donors (Lipinski definition) is 1. The lowest BCUT2D eigenvalue weighted by molar-refractivity contribution is 0.148. The van der Waals surface area contributed by atoms with Crippen LogP contribution < -0.4 is 0 Å². The maximum Gasteiger partial charge on any atom is 0.123 e. The van der Waals surface area contributed by atoms with E-state index in [0.717, 1.165) is 12.8 Å². The van der Waals surface area contributed by atoms with Crippen molar-refractivity contribution in [2.24, 2.45) is 0 Å². The van der Waals surface area contributed by atoms with E-state index in [2.05, 4.69) is 6.07 Å². The van der Waals surface area contributed by atoms with Gasteiger partial charge in [-0.3, -0.25) is 0 Å². The first-order valence-corrected chi connectivity index (χ1v) is 5.52. The third-order valence-corrected chi connectivity index (χ3v) is 2.61. The SMILES string of the molecule is CCCCC(O)C(C#N)c1ccc(F)cc1. The summed E-state index contributed by atoms with van der Waals surface area (Å²) in [6.45, 7) is 2.03. The van der Waals surface area contributed by atoms with Crippen LogP contribution in [0.1, 0.15) is 37.7 Å². The van der Waals surface area contributed by atoms with Crippen LogP contribution in [0.4, 0.5) is 4.39 Å². The van der Waals surface area contributed by atoms with E-state index in [1.165, 1.54) is 12.1 Å². The summed E-state index contributed by atoms with van der Waals surface area (Å²) in [4.78, 5) is 0. The molecule has 2 atom stereocenters. The summed E-state index contributed by atoms with van der Waals surface area (Å²) < 4.78 is 12.7. The zero-order valence-electron chi connectivity index (χ0n) is 9.36. The van der Waals surface area contributed by atoms with E-state index in [-0.39, 0.29) is 5.82 Å². The molecule has 2 nitrogen and oxygen atoms in total. The fourth-order valence-corrected chi connectivity index (χ4v) is 1.63. The van der Waals surface area contributed by atoms with Crippen LogP contribution in [0.5, 0.6) is 0 Å². The Morgan fingerprint density at radius 3 is 2.50 bits per heavy atom. The number of nitriles is 1. The van der Waals surface area contributed by atoms with Crippen molar-refractivity contribution in [3.63, 3.8) is 0 Å². The van der Waals surface area contributed by atoms with E-state index in [1.54, 1.807) is 12.1 Å². The molecule has 0 heterocycles. The molecule has 0 aliphatic heterocycles.